The lowest BCUT2D eigenvalue weighted by molar-refractivity contribution is 0.0249. The topological polar surface area (TPSA) is 67.9 Å². The van der Waals surface area contributed by atoms with Crippen molar-refractivity contribution in [3.05, 3.63) is 41.1 Å². The molecular weight excluding hydrogens is 308 g/mol. The first kappa shape index (κ1) is 17.8. The minimum atomic E-state index is -0.504. The highest BCUT2D eigenvalue weighted by atomic mass is 16.6. The van der Waals surface area contributed by atoms with Gasteiger partial charge in [0, 0.05) is 18.8 Å². The highest BCUT2D eigenvalue weighted by Gasteiger charge is 2.24. The average Bonchev–Trinajstić information content (AvgIpc) is 2.53. The number of amides is 1. The fraction of sp³-hybridized carbons (Fsp3) is 0.444. The van der Waals surface area contributed by atoms with Gasteiger partial charge in [0.2, 0.25) is 0 Å². The zero-order valence-corrected chi connectivity index (χ0v) is 14.6. The number of carbonyl (C=O) groups excluding carboxylic acids is 2. The van der Waals surface area contributed by atoms with Gasteiger partial charge in [0.05, 0.1) is 19.2 Å². The molecular formula is C18H24N2O4. The van der Waals surface area contributed by atoms with E-state index in [0.29, 0.717) is 25.2 Å². The third-order valence-corrected chi connectivity index (χ3v) is 3.42. The van der Waals surface area contributed by atoms with Crippen molar-refractivity contribution in [2.24, 2.45) is 0 Å². The molecule has 1 amide bonds. The number of nitrogens with one attached hydrogen (secondary N) is 1. The fourth-order valence-electron chi connectivity index (χ4n) is 2.31. The lowest BCUT2D eigenvalue weighted by Crippen LogP contribution is -2.46. The molecule has 0 saturated carbocycles. The van der Waals surface area contributed by atoms with Crippen LogP contribution in [-0.4, -0.2) is 49.3 Å². The molecule has 24 heavy (non-hydrogen) atoms. The van der Waals surface area contributed by atoms with Crippen LogP contribution < -0.4 is 5.32 Å². The van der Waals surface area contributed by atoms with Gasteiger partial charge in [0.25, 0.3) is 0 Å². The summed E-state index contributed by atoms with van der Waals surface area (Å²) in [5.74, 6) is -0.360. The Morgan fingerprint density at radius 3 is 2.46 bits per heavy atom. The van der Waals surface area contributed by atoms with Crippen molar-refractivity contribution >= 4 is 18.1 Å². The molecule has 1 fully saturated rings. The Morgan fingerprint density at radius 1 is 1.21 bits per heavy atom. The van der Waals surface area contributed by atoms with Crippen molar-refractivity contribution in [2.75, 3.05) is 26.7 Å². The summed E-state index contributed by atoms with van der Waals surface area (Å²) in [6.07, 6.45) is 1.65. The van der Waals surface area contributed by atoms with Gasteiger partial charge in [-0.15, -0.1) is 0 Å². The van der Waals surface area contributed by atoms with Gasteiger partial charge in [0.1, 0.15) is 5.60 Å². The Morgan fingerprint density at radius 2 is 1.88 bits per heavy atom. The molecule has 6 heteroatoms. The fourth-order valence-corrected chi connectivity index (χ4v) is 2.31. The Labute approximate surface area is 142 Å². The molecule has 2 rings (SSSR count). The van der Waals surface area contributed by atoms with Crippen LogP contribution in [0, 0.1) is 0 Å². The van der Waals surface area contributed by atoms with Gasteiger partial charge in [-0.1, -0.05) is 12.1 Å². The predicted molar refractivity (Wildman–Crippen MR) is 91.6 cm³/mol. The summed E-state index contributed by atoms with van der Waals surface area (Å²) >= 11 is 0. The maximum atomic E-state index is 12.2. The van der Waals surface area contributed by atoms with Crippen molar-refractivity contribution in [1.29, 1.82) is 0 Å². The van der Waals surface area contributed by atoms with E-state index in [1.807, 2.05) is 39.0 Å². The highest BCUT2D eigenvalue weighted by Crippen LogP contribution is 2.15. The quantitative estimate of drug-likeness (QED) is 0.843. The van der Waals surface area contributed by atoms with Gasteiger partial charge in [-0.3, -0.25) is 0 Å². The lowest BCUT2D eigenvalue weighted by Gasteiger charge is -2.32. The van der Waals surface area contributed by atoms with Gasteiger partial charge < -0.3 is 19.7 Å². The molecule has 1 aliphatic heterocycles. The van der Waals surface area contributed by atoms with E-state index in [9.17, 15) is 9.59 Å². The van der Waals surface area contributed by atoms with E-state index >= 15 is 0 Å². The minimum Gasteiger partial charge on any atom is -0.465 e. The van der Waals surface area contributed by atoms with Gasteiger partial charge in [0.15, 0.2) is 0 Å². The molecule has 1 saturated heterocycles. The number of piperazine rings is 1. The second kappa shape index (κ2) is 7.38. The van der Waals surface area contributed by atoms with Crippen molar-refractivity contribution < 1.29 is 19.1 Å². The van der Waals surface area contributed by atoms with Crippen LogP contribution in [0.3, 0.4) is 0 Å². The van der Waals surface area contributed by atoms with Gasteiger partial charge in [-0.05, 0) is 44.5 Å². The number of methoxy groups -OCH3 is 1. The van der Waals surface area contributed by atoms with Crippen LogP contribution in [0.1, 0.15) is 36.7 Å². The smallest absolute Gasteiger partial charge is 0.410 e. The van der Waals surface area contributed by atoms with Crippen LogP contribution in [-0.2, 0) is 9.47 Å². The summed E-state index contributed by atoms with van der Waals surface area (Å²) in [4.78, 5) is 25.3. The maximum Gasteiger partial charge on any atom is 0.410 e. The average molecular weight is 332 g/mol. The largest absolute Gasteiger partial charge is 0.465 e. The standard InChI is InChI=1S/C18H24N2O4/c1-18(2,3)24-17(22)20-10-9-19-15(12-20)11-13-5-7-14(8-6-13)16(21)23-4/h5-8,11,19H,9-10,12H2,1-4H3/b15-11+. The molecule has 1 aromatic rings. The number of esters is 1. The van der Waals surface area contributed by atoms with Crippen LogP contribution in [0.4, 0.5) is 4.79 Å². The molecule has 0 aromatic heterocycles. The first-order valence-corrected chi connectivity index (χ1v) is 7.89. The van der Waals surface area contributed by atoms with Crippen molar-refractivity contribution in [1.82, 2.24) is 10.2 Å². The van der Waals surface area contributed by atoms with E-state index in [-0.39, 0.29) is 12.1 Å². The molecule has 0 aliphatic carbocycles. The molecule has 1 aromatic carbocycles. The minimum absolute atomic E-state index is 0.309. The van der Waals surface area contributed by atoms with E-state index in [4.69, 9.17) is 4.74 Å². The Kier molecular flexibility index (Phi) is 5.49. The second-order valence-electron chi connectivity index (χ2n) is 6.61. The van der Waals surface area contributed by atoms with E-state index in [0.717, 1.165) is 11.3 Å². The first-order chi connectivity index (χ1) is 11.3. The van der Waals surface area contributed by atoms with E-state index in [1.54, 1.807) is 17.0 Å². The lowest BCUT2D eigenvalue weighted by atomic mass is 10.1. The van der Waals surface area contributed by atoms with E-state index in [1.165, 1.54) is 7.11 Å². The summed E-state index contributed by atoms with van der Waals surface area (Å²) in [5, 5.41) is 3.28. The Balaban J connectivity index is 2.04. The van der Waals surface area contributed by atoms with Crippen molar-refractivity contribution in [2.45, 2.75) is 26.4 Å². The Bertz CT molecular complexity index is 629. The van der Waals surface area contributed by atoms with Gasteiger partial charge in [-0.2, -0.15) is 0 Å². The molecule has 130 valence electrons. The van der Waals surface area contributed by atoms with Crippen LogP contribution in [0.15, 0.2) is 30.0 Å². The number of hydrogen-bond donors (Lipinski definition) is 1. The summed E-state index contributed by atoms with van der Waals surface area (Å²) in [6.45, 7) is 7.30. The third kappa shape index (κ3) is 5.01. The van der Waals surface area contributed by atoms with Crippen molar-refractivity contribution in [3.63, 3.8) is 0 Å². The SMILES string of the molecule is COC(=O)c1ccc(/C=C2\CN(C(=O)OC(C)(C)C)CCN2)cc1. The summed E-state index contributed by atoms with van der Waals surface area (Å²) in [6, 6.07) is 7.11. The normalized spacial score (nSPS) is 16.5. The molecule has 0 bridgehead atoms. The molecule has 0 radical (unpaired) electrons. The zero-order chi connectivity index (χ0) is 17.7. The van der Waals surface area contributed by atoms with E-state index in [2.05, 4.69) is 10.1 Å². The molecule has 0 atom stereocenters. The highest BCUT2D eigenvalue weighted by molar-refractivity contribution is 5.89. The monoisotopic (exact) mass is 332 g/mol. The first-order valence-electron chi connectivity index (χ1n) is 7.89. The predicted octanol–water partition coefficient (Wildman–Crippen LogP) is 2.65. The van der Waals surface area contributed by atoms with Crippen LogP contribution in [0.25, 0.3) is 6.08 Å². The summed E-state index contributed by atoms with van der Waals surface area (Å²) in [7, 11) is 1.36. The van der Waals surface area contributed by atoms with Crippen LogP contribution in [0.5, 0.6) is 0 Å². The number of benzene rings is 1. The molecule has 1 N–H and O–H groups in total. The molecule has 0 unspecified atom stereocenters. The maximum absolute atomic E-state index is 12.2. The molecule has 1 aliphatic rings. The van der Waals surface area contributed by atoms with Gasteiger partial charge in [-0.25, -0.2) is 9.59 Å². The zero-order valence-electron chi connectivity index (χ0n) is 14.6. The van der Waals surface area contributed by atoms with Crippen LogP contribution >= 0.6 is 0 Å². The number of nitrogens with zero attached hydrogens (tertiary/aromatic N) is 1. The molecule has 1 heterocycles. The van der Waals surface area contributed by atoms with E-state index < -0.39 is 5.60 Å². The van der Waals surface area contributed by atoms with Gasteiger partial charge >= 0.3 is 12.1 Å². The molecule has 0 spiro atoms. The van der Waals surface area contributed by atoms with Crippen LogP contribution in [0.2, 0.25) is 0 Å². The number of carbonyl (C=O) groups is 2. The van der Waals surface area contributed by atoms with Crippen molar-refractivity contribution in [3.8, 4) is 0 Å². The molecule has 6 nitrogen and oxygen atoms in total. The number of ether oxygens (including phenoxy) is 2. The second-order valence-corrected chi connectivity index (χ2v) is 6.61. The number of hydrogen-bond acceptors (Lipinski definition) is 5. The third-order valence-electron chi connectivity index (χ3n) is 3.42. The number of rotatable bonds is 2. The Hall–Kier alpha value is -2.50. The summed E-state index contributed by atoms with van der Waals surface area (Å²) < 4.78 is 10.1. The summed E-state index contributed by atoms with van der Waals surface area (Å²) in [5.41, 5.74) is 1.87.